The molecule has 1 aliphatic rings. The van der Waals surface area contributed by atoms with E-state index in [4.69, 9.17) is 9.47 Å². The summed E-state index contributed by atoms with van der Waals surface area (Å²) in [6.07, 6.45) is -1.13. The van der Waals surface area contributed by atoms with Gasteiger partial charge in [0, 0.05) is 56.7 Å². The Morgan fingerprint density at radius 1 is 1.07 bits per heavy atom. The SMILES string of the molecule is CO[C@H](C(=O)N(C)C[C@H]1OCc2ccccc2-c2c(n(C)c3ccccc23)C(=O)N([C@@H](C)CO)C[C@H]1C)c1ccccc1. The Morgan fingerprint density at radius 3 is 2.47 bits per heavy atom. The van der Waals surface area contributed by atoms with E-state index < -0.39 is 18.2 Å². The molecule has 1 N–H and O–H groups in total. The zero-order valence-corrected chi connectivity index (χ0v) is 25.6. The standard InChI is InChI=1S/C35H41N3O5/c1-23-19-38(24(2)21-39)34(40)32-31(28-17-11-12-18-29(28)37(32)4)27-16-10-9-15-26(27)22-43-30(23)20-36(3)35(41)33(42-5)25-13-7-6-8-14-25/h6-18,23-24,30,33,39H,19-22H2,1-5H3/t23-,24+,30-,33+/m1/s1. The summed E-state index contributed by atoms with van der Waals surface area (Å²) in [5.74, 6) is -0.477. The van der Waals surface area contributed by atoms with E-state index in [2.05, 4.69) is 0 Å². The normalized spacial score (nSPS) is 18.8. The first-order chi connectivity index (χ1) is 20.8. The van der Waals surface area contributed by atoms with E-state index in [9.17, 15) is 14.7 Å². The van der Waals surface area contributed by atoms with Crippen LogP contribution in [0.1, 0.15) is 41.6 Å². The smallest absolute Gasteiger partial charge is 0.271 e. The van der Waals surface area contributed by atoms with Crippen LogP contribution in [0.5, 0.6) is 0 Å². The minimum Gasteiger partial charge on any atom is -0.394 e. The Balaban J connectivity index is 1.55. The van der Waals surface area contributed by atoms with Gasteiger partial charge >= 0.3 is 0 Å². The quantitative estimate of drug-likeness (QED) is 0.329. The van der Waals surface area contributed by atoms with Crippen LogP contribution in [0.3, 0.4) is 0 Å². The molecule has 8 heteroatoms. The van der Waals surface area contributed by atoms with Crippen molar-refractivity contribution in [3.63, 3.8) is 0 Å². The van der Waals surface area contributed by atoms with Crippen LogP contribution in [0.15, 0.2) is 78.9 Å². The van der Waals surface area contributed by atoms with E-state index in [0.29, 0.717) is 25.4 Å². The average Bonchev–Trinajstić information content (AvgIpc) is 3.32. The monoisotopic (exact) mass is 583 g/mol. The number of carbonyl (C=O) groups is 2. The highest BCUT2D eigenvalue weighted by Gasteiger charge is 2.34. The van der Waals surface area contributed by atoms with Crippen LogP contribution in [0.4, 0.5) is 0 Å². The molecule has 3 aromatic carbocycles. The maximum absolute atomic E-state index is 14.5. The second-order valence-corrected chi connectivity index (χ2v) is 11.5. The molecule has 2 amide bonds. The second kappa shape index (κ2) is 13.1. The number of aromatic nitrogens is 1. The third-order valence-electron chi connectivity index (χ3n) is 8.62. The lowest BCUT2D eigenvalue weighted by Gasteiger charge is -2.35. The number of aliphatic hydroxyl groups excluding tert-OH is 1. The summed E-state index contributed by atoms with van der Waals surface area (Å²) in [5.41, 5.74) is 5.08. The largest absolute Gasteiger partial charge is 0.394 e. The van der Waals surface area contributed by atoms with Gasteiger partial charge in [-0.3, -0.25) is 9.59 Å². The maximum Gasteiger partial charge on any atom is 0.271 e. The number of hydrogen-bond acceptors (Lipinski definition) is 5. The second-order valence-electron chi connectivity index (χ2n) is 11.5. The van der Waals surface area contributed by atoms with E-state index in [0.717, 1.165) is 33.2 Å². The molecular weight excluding hydrogens is 542 g/mol. The molecule has 0 aliphatic carbocycles. The van der Waals surface area contributed by atoms with Gasteiger partial charge in [-0.05, 0) is 29.7 Å². The molecule has 4 aromatic rings. The number of aliphatic hydroxyl groups is 1. The fraction of sp³-hybridized carbons (Fsp3) is 0.371. The van der Waals surface area contributed by atoms with Crippen molar-refractivity contribution in [2.45, 2.75) is 38.7 Å². The van der Waals surface area contributed by atoms with Crippen molar-refractivity contribution in [2.75, 3.05) is 33.9 Å². The van der Waals surface area contributed by atoms with Gasteiger partial charge in [0.2, 0.25) is 0 Å². The topological polar surface area (TPSA) is 84.2 Å². The van der Waals surface area contributed by atoms with Crippen LogP contribution >= 0.6 is 0 Å². The Hall–Kier alpha value is -3.98. The first kappa shape index (κ1) is 30.5. The average molecular weight is 584 g/mol. The predicted molar refractivity (Wildman–Crippen MR) is 168 cm³/mol. The molecule has 0 fully saturated rings. The number of carbonyl (C=O) groups excluding carboxylic acids is 2. The molecule has 0 unspecified atom stereocenters. The molecule has 8 nitrogen and oxygen atoms in total. The third-order valence-corrected chi connectivity index (χ3v) is 8.62. The van der Waals surface area contributed by atoms with Gasteiger partial charge in [-0.1, -0.05) is 79.7 Å². The summed E-state index contributed by atoms with van der Waals surface area (Å²) in [7, 11) is 5.21. The molecule has 0 spiro atoms. The van der Waals surface area contributed by atoms with Crippen molar-refractivity contribution >= 4 is 22.7 Å². The highest BCUT2D eigenvalue weighted by molar-refractivity contribution is 6.10. The molecule has 1 aliphatic heterocycles. The summed E-state index contributed by atoms with van der Waals surface area (Å²) in [5, 5.41) is 11.2. The Bertz CT molecular complexity index is 1580. The van der Waals surface area contributed by atoms with Gasteiger partial charge in [0.15, 0.2) is 6.10 Å². The van der Waals surface area contributed by atoms with Gasteiger partial charge in [-0.2, -0.15) is 0 Å². The maximum atomic E-state index is 14.5. The minimum atomic E-state index is -0.736. The van der Waals surface area contributed by atoms with E-state index in [1.807, 2.05) is 104 Å². The van der Waals surface area contributed by atoms with E-state index in [1.165, 1.54) is 7.11 Å². The fourth-order valence-corrected chi connectivity index (χ4v) is 6.09. The number of para-hydroxylation sites is 1. The minimum absolute atomic E-state index is 0.148. The molecular formula is C35H41N3O5. The Morgan fingerprint density at radius 2 is 1.74 bits per heavy atom. The Kier molecular flexibility index (Phi) is 9.30. The van der Waals surface area contributed by atoms with Crippen LogP contribution in [-0.2, 0) is 27.9 Å². The lowest BCUT2D eigenvalue weighted by atomic mass is 9.96. The molecule has 226 valence electrons. The Labute approximate surface area is 253 Å². The summed E-state index contributed by atoms with van der Waals surface area (Å²) in [6.45, 7) is 4.67. The van der Waals surface area contributed by atoms with Crippen molar-refractivity contribution in [3.05, 3.63) is 95.7 Å². The highest BCUT2D eigenvalue weighted by Crippen LogP contribution is 2.38. The number of likely N-dealkylation sites (N-methyl/N-ethyl adjacent to an activating group) is 1. The van der Waals surface area contributed by atoms with Gasteiger partial charge in [0.05, 0.1) is 25.4 Å². The third kappa shape index (κ3) is 5.95. The van der Waals surface area contributed by atoms with Crippen molar-refractivity contribution in [3.8, 4) is 11.1 Å². The first-order valence-corrected chi connectivity index (χ1v) is 14.8. The molecule has 2 heterocycles. The van der Waals surface area contributed by atoms with E-state index in [-0.39, 0.29) is 24.3 Å². The number of amides is 2. The molecule has 1 aromatic heterocycles. The van der Waals surface area contributed by atoms with Crippen LogP contribution in [0, 0.1) is 5.92 Å². The van der Waals surface area contributed by atoms with Gasteiger partial charge in [-0.15, -0.1) is 0 Å². The van der Waals surface area contributed by atoms with Crippen LogP contribution in [-0.4, -0.2) is 77.3 Å². The molecule has 5 rings (SSSR count). The van der Waals surface area contributed by atoms with Crippen LogP contribution < -0.4 is 0 Å². The van der Waals surface area contributed by atoms with Crippen molar-refractivity contribution in [1.29, 1.82) is 0 Å². The number of benzene rings is 3. The predicted octanol–water partition coefficient (Wildman–Crippen LogP) is 5.05. The van der Waals surface area contributed by atoms with Gasteiger partial charge in [0.25, 0.3) is 11.8 Å². The summed E-state index contributed by atoms with van der Waals surface area (Å²) >= 11 is 0. The van der Waals surface area contributed by atoms with Gasteiger partial charge in [0.1, 0.15) is 5.69 Å². The molecule has 43 heavy (non-hydrogen) atoms. The number of nitrogens with zero attached hydrogens (tertiary/aromatic N) is 3. The van der Waals surface area contributed by atoms with Crippen molar-refractivity contribution < 1.29 is 24.2 Å². The number of methoxy groups -OCH3 is 1. The van der Waals surface area contributed by atoms with Crippen molar-refractivity contribution in [2.24, 2.45) is 13.0 Å². The molecule has 0 saturated heterocycles. The number of ether oxygens (including phenoxy) is 2. The van der Waals surface area contributed by atoms with Crippen LogP contribution in [0.2, 0.25) is 0 Å². The fourth-order valence-electron chi connectivity index (χ4n) is 6.09. The molecule has 4 atom stereocenters. The van der Waals surface area contributed by atoms with Gasteiger partial charge in [-0.25, -0.2) is 0 Å². The zero-order valence-electron chi connectivity index (χ0n) is 25.6. The first-order valence-electron chi connectivity index (χ1n) is 14.8. The summed E-state index contributed by atoms with van der Waals surface area (Å²) < 4.78 is 14.2. The van der Waals surface area contributed by atoms with Crippen LogP contribution in [0.25, 0.3) is 22.0 Å². The van der Waals surface area contributed by atoms with Gasteiger partial charge < -0.3 is 28.9 Å². The van der Waals surface area contributed by atoms with E-state index >= 15 is 0 Å². The lowest BCUT2D eigenvalue weighted by Crippen LogP contribution is -2.48. The lowest BCUT2D eigenvalue weighted by molar-refractivity contribution is -0.143. The zero-order chi connectivity index (χ0) is 30.7. The molecule has 0 bridgehead atoms. The van der Waals surface area contributed by atoms with Crippen molar-refractivity contribution in [1.82, 2.24) is 14.4 Å². The summed E-state index contributed by atoms with van der Waals surface area (Å²) in [4.78, 5) is 31.5. The number of aryl methyl sites for hydroxylation is 1. The molecule has 0 saturated carbocycles. The highest BCUT2D eigenvalue weighted by atomic mass is 16.5. The number of hydrogen-bond donors (Lipinski definition) is 1. The van der Waals surface area contributed by atoms with E-state index in [1.54, 1.807) is 16.8 Å². The number of rotatable bonds is 7. The molecule has 0 radical (unpaired) electrons. The number of fused-ring (bicyclic) bond motifs is 5. The summed E-state index contributed by atoms with van der Waals surface area (Å²) in [6, 6.07) is 25.1.